The summed E-state index contributed by atoms with van der Waals surface area (Å²) in [6.07, 6.45) is 1.21. The topological polar surface area (TPSA) is 15.3 Å². The van der Waals surface area contributed by atoms with Gasteiger partial charge in [-0.1, -0.05) is 24.3 Å². The first-order valence-electron chi connectivity index (χ1n) is 7.40. The first kappa shape index (κ1) is 15.1. The molecule has 0 aliphatic carbocycles. The SMILES string of the molecule is CN(C)C(CNC1CCSc2ccccc21)c1cccs1. The minimum absolute atomic E-state index is 0.451. The number of thioether (sulfide) groups is 1. The van der Waals surface area contributed by atoms with E-state index in [1.165, 1.54) is 27.5 Å². The number of benzene rings is 1. The van der Waals surface area contributed by atoms with E-state index in [1.54, 1.807) is 0 Å². The third-order valence-electron chi connectivity index (χ3n) is 4.01. The van der Waals surface area contributed by atoms with Gasteiger partial charge in [0, 0.05) is 22.4 Å². The maximum absolute atomic E-state index is 3.80. The average molecular weight is 319 g/mol. The molecule has 1 aliphatic rings. The fraction of sp³-hybridized carbons (Fsp3) is 0.412. The maximum Gasteiger partial charge on any atom is 0.0561 e. The summed E-state index contributed by atoms with van der Waals surface area (Å²) in [6, 6.07) is 14.1. The molecular formula is C17H22N2S2. The number of nitrogens with one attached hydrogen (secondary N) is 1. The Hall–Kier alpha value is -0.810. The molecule has 112 valence electrons. The van der Waals surface area contributed by atoms with Crippen molar-refractivity contribution < 1.29 is 0 Å². The molecule has 2 heterocycles. The number of hydrogen-bond donors (Lipinski definition) is 1. The molecule has 1 aromatic heterocycles. The van der Waals surface area contributed by atoms with E-state index in [1.807, 2.05) is 23.1 Å². The summed E-state index contributed by atoms with van der Waals surface area (Å²) in [4.78, 5) is 5.19. The molecule has 2 aromatic rings. The second-order valence-corrected chi connectivity index (χ2v) is 7.75. The highest BCUT2D eigenvalue weighted by atomic mass is 32.2. The van der Waals surface area contributed by atoms with Crippen LogP contribution in [-0.4, -0.2) is 31.3 Å². The zero-order valence-corrected chi connectivity index (χ0v) is 14.2. The monoisotopic (exact) mass is 318 g/mol. The number of likely N-dealkylation sites (N-methyl/N-ethyl adjacent to an activating group) is 1. The Morgan fingerprint density at radius 1 is 1.24 bits per heavy atom. The minimum atomic E-state index is 0.451. The van der Waals surface area contributed by atoms with Crippen LogP contribution in [-0.2, 0) is 0 Å². The lowest BCUT2D eigenvalue weighted by Crippen LogP contribution is -2.34. The Morgan fingerprint density at radius 2 is 2.10 bits per heavy atom. The van der Waals surface area contributed by atoms with Gasteiger partial charge in [0.15, 0.2) is 0 Å². The van der Waals surface area contributed by atoms with Crippen molar-refractivity contribution in [3.63, 3.8) is 0 Å². The number of fused-ring (bicyclic) bond motifs is 1. The van der Waals surface area contributed by atoms with Crippen LogP contribution in [0, 0.1) is 0 Å². The molecule has 0 radical (unpaired) electrons. The van der Waals surface area contributed by atoms with Gasteiger partial charge in [-0.15, -0.1) is 23.1 Å². The largest absolute Gasteiger partial charge is 0.308 e. The van der Waals surface area contributed by atoms with Gasteiger partial charge in [-0.3, -0.25) is 0 Å². The first-order valence-corrected chi connectivity index (χ1v) is 9.27. The molecule has 1 N–H and O–H groups in total. The molecule has 1 aromatic carbocycles. The smallest absolute Gasteiger partial charge is 0.0561 e. The van der Waals surface area contributed by atoms with E-state index in [0.29, 0.717) is 12.1 Å². The zero-order valence-electron chi connectivity index (χ0n) is 12.6. The standard InChI is InChI=1S/C17H22N2S2/c1-19(2)15(17-8-5-10-20-17)12-18-14-9-11-21-16-7-4-3-6-13(14)16/h3-8,10,14-15,18H,9,11-12H2,1-2H3. The van der Waals surface area contributed by atoms with Crippen molar-refractivity contribution in [2.45, 2.75) is 23.4 Å². The van der Waals surface area contributed by atoms with Crippen molar-refractivity contribution in [1.82, 2.24) is 10.2 Å². The maximum atomic E-state index is 3.80. The molecule has 3 rings (SSSR count). The van der Waals surface area contributed by atoms with E-state index in [-0.39, 0.29) is 0 Å². The fourth-order valence-corrected chi connectivity index (χ4v) is 4.87. The number of nitrogens with zero attached hydrogens (tertiary/aromatic N) is 1. The predicted molar refractivity (Wildman–Crippen MR) is 93.3 cm³/mol. The van der Waals surface area contributed by atoms with E-state index in [9.17, 15) is 0 Å². The Morgan fingerprint density at radius 3 is 2.86 bits per heavy atom. The Labute approximate surface area is 135 Å². The Balaban J connectivity index is 1.70. The van der Waals surface area contributed by atoms with E-state index < -0.39 is 0 Å². The highest BCUT2D eigenvalue weighted by Gasteiger charge is 2.22. The molecule has 0 spiro atoms. The summed E-state index contributed by atoms with van der Waals surface area (Å²) in [7, 11) is 4.33. The first-order chi connectivity index (χ1) is 10.3. The van der Waals surface area contributed by atoms with Crippen LogP contribution in [0.15, 0.2) is 46.7 Å². The summed E-state index contributed by atoms with van der Waals surface area (Å²) in [5, 5.41) is 5.96. The van der Waals surface area contributed by atoms with Crippen molar-refractivity contribution in [1.29, 1.82) is 0 Å². The van der Waals surface area contributed by atoms with Crippen LogP contribution in [0.25, 0.3) is 0 Å². The molecule has 0 amide bonds. The summed E-state index contributed by atoms with van der Waals surface area (Å²) in [5.41, 5.74) is 1.47. The zero-order chi connectivity index (χ0) is 14.7. The third-order valence-corrected chi connectivity index (χ3v) is 6.11. The van der Waals surface area contributed by atoms with Gasteiger partial charge in [0.25, 0.3) is 0 Å². The van der Waals surface area contributed by atoms with Crippen LogP contribution in [0.4, 0.5) is 0 Å². The number of hydrogen-bond acceptors (Lipinski definition) is 4. The van der Waals surface area contributed by atoms with Gasteiger partial charge < -0.3 is 10.2 Å². The van der Waals surface area contributed by atoms with Crippen molar-refractivity contribution in [2.75, 3.05) is 26.4 Å². The van der Waals surface area contributed by atoms with Crippen molar-refractivity contribution in [3.8, 4) is 0 Å². The van der Waals surface area contributed by atoms with Crippen LogP contribution in [0.1, 0.15) is 28.9 Å². The highest BCUT2D eigenvalue weighted by Crippen LogP contribution is 2.36. The number of thiophene rings is 1. The highest BCUT2D eigenvalue weighted by molar-refractivity contribution is 7.99. The van der Waals surface area contributed by atoms with Gasteiger partial charge in [-0.25, -0.2) is 0 Å². The van der Waals surface area contributed by atoms with Crippen LogP contribution >= 0.6 is 23.1 Å². The summed E-state index contributed by atoms with van der Waals surface area (Å²) < 4.78 is 0. The van der Waals surface area contributed by atoms with Crippen molar-refractivity contribution in [2.24, 2.45) is 0 Å². The van der Waals surface area contributed by atoms with Crippen molar-refractivity contribution in [3.05, 3.63) is 52.2 Å². The second kappa shape index (κ2) is 6.97. The fourth-order valence-electron chi connectivity index (χ4n) is 2.83. The molecule has 4 heteroatoms. The Bertz CT molecular complexity index is 566. The van der Waals surface area contributed by atoms with Gasteiger partial charge in [0.2, 0.25) is 0 Å². The molecule has 0 fully saturated rings. The summed E-state index contributed by atoms with van der Waals surface area (Å²) in [6.45, 7) is 0.997. The van der Waals surface area contributed by atoms with Gasteiger partial charge in [0.1, 0.15) is 0 Å². The molecule has 0 saturated heterocycles. The predicted octanol–water partition coefficient (Wildman–Crippen LogP) is 4.18. The molecule has 2 atom stereocenters. The lowest BCUT2D eigenvalue weighted by atomic mass is 10.0. The molecular weight excluding hydrogens is 296 g/mol. The summed E-state index contributed by atoms with van der Waals surface area (Å²) in [5.74, 6) is 1.21. The lowest BCUT2D eigenvalue weighted by Gasteiger charge is -2.30. The van der Waals surface area contributed by atoms with Crippen LogP contribution in [0.2, 0.25) is 0 Å². The van der Waals surface area contributed by atoms with E-state index >= 15 is 0 Å². The second-order valence-electron chi connectivity index (χ2n) is 5.63. The van der Waals surface area contributed by atoms with E-state index in [4.69, 9.17) is 0 Å². The molecule has 1 aliphatic heterocycles. The van der Waals surface area contributed by atoms with Crippen LogP contribution < -0.4 is 5.32 Å². The molecule has 2 unspecified atom stereocenters. The van der Waals surface area contributed by atoms with E-state index in [2.05, 4.69) is 66.1 Å². The number of rotatable bonds is 5. The van der Waals surface area contributed by atoms with Crippen LogP contribution in [0.3, 0.4) is 0 Å². The molecule has 0 bridgehead atoms. The van der Waals surface area contributed by atoms with Gasteiger partial charge >= 0.3 is 0 Å². The summed E-state index contributed by atoms with van der Waals surface area (Å²) >= 11 is 3.83. The minimum Gasteiger partial charge on any atom is -0.308 e. The van der Waals surface area contributed by atoms with Gasteiger partial charge in [-0.2, -0.15) is 0 Å². The van der Waals surface area contributed by atoms with Gasteiger partial charge in [0.05, 0.1) is 6.04 Å². The van der Waals surface area contributed by atoms with Crippen molar-refractivity contribution >= 4 is 23.1 Å². The van der Waals surface area contributed by atoms with Gasteiger partial charge in [-0.05, 0) is 49.3 Å². The molecule has 21 heavy (non-hydrogen) atoms. The Kier molecular flexibility index (Phi) is 5.01. The third kappa shape index (κ3) is 3.51. The van der Waals surface area contributed by atoms with E-state index in [0.717, 1.165) is 6.54 Å². The lowest BCUT2D eigenvalue weighted by molar-refractivity contribution is 0.281. The molecule has 2 nitrogen and oxygen atoms in total. The van der Waals surface area contributed by atoms with Crippen LogP contribution in [0.5, 0.6) is 0 Å². The molecule has 0 saturated carbocycles. The average Bonchev–Trinajstić information content (AvgIpc) is 3.01. The quantitative estimate of drug-likeness (QED) is 0.890. The normalized spacial score (nSPS) is 19.5.